The number of ether oxygens (including phenoxy) is 4. The van der Waals surface area contributed by atoms with E-state index in [1.54, 1.807) is 31.3 Å². The molecule has 0 unspecified atom stereocenters. The summed E-state index contributed by atoms with van der Waals surface area (Å²) in [6.07, 6.45) is 1.47. The first kappa shape index (κ1) is 31.0. The number of nitrogens with one attached hydrogen (secondary N) is 1. The van der Waals surface area contributed by atoms with E-state index >= 15 is 0 Å². The number of amides is 2. The fraction of sp³-hybridized carbons (Fsp3) is 0.429. The Labute approximate surface area is 282 Å². The molecule has 3 saturated carbocycles. The zero-order chi connectivity index (χ0) is 34.8. The monoisotopic (exact) mass is 691 g/mol. The lowest BCUT2D eigenvalue weighted by Crippen LogP contribution is -2.44. The largest absolute Gasteiger partial charge is 0.586 e. The van der Waals surface area contributed by atoms with Crippen LogP contribution in [0, 0.1) is 5.92 Å². The van der Waals surface area contributed by atoms with Gasteiger partial charge < -0.3 is 35.1 Å². The van der Waals surface area contributed by atoms with Crippen molar-refractivity contribution in [2.45, 2.75) is 74.7 Å². The van der Waals surface area contributed by atoms with Crippen molar-refractivity contribution in [3.8, 4) is 34.3 Å². The van der Waals surface area contributed by atoms with Gasteiger partial charge in [0.1, 0.15) is 40.3 Å². The van der Waals surface area contributed by atoms with Gasteiger partial charge in [-0.05, 0) is 74.9 Å². The topological polar surface area (TPSA) is 160 Å². The van der Waals surface area contributed by atoms with Gasteiger partial charge in [0.2, 0.25) is 11.7 Å². The molecule has 2 atom stereocenters. The van der Waals surface area contributed by atoms with Crippen molar-refractivity contribution >= 4 is 22.7 Å². The van der Waals surface area contributed by atoms with E-state index in [2.05, 4.69) is 19.9 Å². The molecule has 4 heterocycles. The van der Waals surface area contributed by atoms with Gasteiger partial charge in [0.15, 0.2) is 11.5 Å². The first-order chi connectivity index (χ1) is 23.7. The molecule has 3 fully saturated rings. The summed E-state index contributed by atoms with van der Waals surface area (Å²) in [5, 5.41) is 20.2. The van der Waals surface area contributed by atoms with E-state index < -0.39 is 34.9 Å². The molecule has 5 aliphatic rings. The van der Waals surface area contributed by atoms with Gasteiger partial charge in [-0.15, -0.1) is 8.78 Å². The van der Waals surface area contributed by atoms with Crippen LogP contribution in [-0.4, -0.2) is 57.2 Å². The van der Waals surface area contributed by atoms with Crippen molar-refractivity contribution in [1.29, 1.82) is 0 Å². The number of nitrogens with two attached hydrogens (primary N) is 1. The molecule has 0 spiro atoms. The van der Waals surface area contributed by atoms with Crippen molar-refractivity contribution in [2.24, 2.45) is 11.7 Å². The molecule has 2 amide bonds. The summed E-state index contributed by atoms with van der Waals surface area (Å²) in [6, 6.07) is 8.87. The smallest absolute Gasteiger partial charge is 0.489 e. The number of aromatic nitrogens is 3. The number of fused-ring (bicyclic) bond motifs is 3. The minimum absolute atomic E-state index is 0.00159. The molecule has 4 N–H and O–H groups in total. The zero-order valence-corrected chi connectivity index (χ0v) is 26.8. The number of nitrogens with zero attached hydrogens (tertiary/aromatic N) is 3. The summed E-state index contributed by atoms with van der Waals surface area (Å²) >= 11 is 0. The molecule has 50 heavy (non-hydrogen) atoms. The standard InChI is InChI=1S/C35H32F3N5O7/c1-32(31(39)45)16-47-29-22(32)13-26(41-28(29)17-2-7-23-24(11-17)50-35(37,38)49-23)34(46,20-3-4-20)15-40-30(44)18-10-19-14-43(33(36)8-9-33)42-27(19)25(12-18)48-21-5-6-21/h2,7,10-14,20-21,46H,3-6,8-9,15-16H2,1H3,(H2,39,45)(H,40,44)/t32-,34+/m0/s1. The van der Waals surface area contributed by atoms with Gasteiger partial charge in [0.05, 0.1) is 18.3 Å². The first-order valence-electron chi connectivity index (χ1n) is 16.5. The minimum Gasteiger partial charge on any atom is -0.489 e. The molecular formula is C35H32F3N5O7. The quantitative estimate of drug-likeness (QED) is 0.217. The third-order valence-electron chi connectivity index (χ3n) is 10.2. The number of primary amides is 1. The third kappa shape index (κ3) is 5.00. The Kier molecular flexibility index (Phi) is 6.35. The van der Waals surface area contributed by atoms with Gasteiger partial charge in [-0.3, -0.25) is 9.59 Å². The maximum atomic E-state index is 14.9. The molecule has 0 bridgehead atoms. The lowest BCUT2D eigenvalue weighted by Gasteiger charge is -2.30. The van der Waals surface area contributed by atoms with Crippen LogP contribution < -0.4 is 30.0 Å². The highest BCUT2D eigenvalue weighted by atomic mass is 19.3. The SMILES string of the molecule is C[C@]1(C(N)=O)COc2c1cc([C@@](O)(CNC(=O)c1cc(OC3CC3)c3nn(C4(F)CC4)cc3c1)C1CC1)nc2-c1ccc2c(c1)OC(F)(F)O2. The van der Waals surface area contributed by atoms with Crippen molar-refractivity contribution in [2.75, 3.05) is 13.2 Å². The number of hydrogen-bond acceptors (Lipinski definition) is 9. The summed E-state index contributed by atoms with van der Waals surface area (Å²) < 4.78 is 65.1. The Hall–Kier alpha value is -5.05. The fourth-order valence-electron chi connectivity index (χ4n) is 6.65. The first-order valence-corrected chi connectivity index (χ1v) is 16.5. The number of aliphatic hydroxyl groups is 1. The second kappa shape index (κ2) is 10.2. The van der Waals surface area contributed by atoms with Crippen LogP contribution in [0.25, 0.3) is 22.2 Å². The molecule has 0 radical (unpaired) electrons. The molecular weight excluding hydrogens is 659 g/mol. The Morgan fingerprint density at radius 3 is 2.56 bits per heavy atom. The minimum atomic E-state index is -3.84. The molecule has 260 valence electrons. The van der Waals surface area contributed by atoms with Gasteiger partial charge in [0.25, 0.3) is 5.91 Å². The molecule has 2 aromatic heterocycles. The van der Waals surface area contributed by atoms with Crippen LogP contribution in [-0.2, 0) is 21.6 Å². The summed E-state index contributed by atoms with van der Waals surface area (Å²) in [6.45, 7) is 1.25. The Morgan fingerprint density at radius 1 is 1.10 bits per heavy atom. The van der Waals surface area contributed by atoms with Crippen LogP contribution in [0.5, 0.6) is 23.0 Å². The predicted octanol–water partition coefficient (Wildman–Crippen LogP) is 4.54. The van der Waals surface area contributed by atoms with E-state index in [-0.39, 0.29) is 59.4 Å². The highest BCUT2D eigenvalue weighted by Gasteiger charge is 2.51. The van der Waals surface area contributed by atoms with E-state index in [1.165, 1.54) is 22.9 Å². The van der Waals surface area contributed by atoms with E-state index in [0.717, 1.165) is 12.8 Å². The van der Waals surface area contributed by atoms with Crippen LogP contribution in [0.15, 0.2) is 42.6 Å². The molecule has 12 nitrogen and oxygen atoms in total. The lowest BCUT2D eigenvalue weighted by molar-refractivity contribution is -0.286. The third-order valence-corrected chi connectivity index (χ3v) is 10.2. The number of pyridine rings is 1. The number of carbonyl (C=O) groups is 2. The van der Waals surface area contributed by atoms with Gasteiger partial charge in [0, 0.05) is 41.1 Å². The predicted molar refractivity (Wildman–Crippen MR) is 169 cm³/mol. The van der Waals surface area contributed by atoms with Crippen LogP contribution in [0.3, 0.4) is 0 Å². The van der Waals surface area contributed by atoms with Gasteiger partial charge in [-0.1, -0.05) is 0 Å². The summed E-state index contributed by atoms with van der Waals surface area (Å²) in [5.41, 5.74) is 4.51. The molecule has 4 aromatic rings. The molecule has 2 aromatic carbocycles. The molecule has 0 saturated heterocycles. The van der Waals surface area contributed by atoms with Gasteiger partial charge in [-0.25, -0.2) is 14.1 Å². The van der Waals surface area contributed by atoms with Crippen LogP contribution in [0.2, 0.25) is 0 Å². The maximum absolute atomic E-state index is 14.9. The maximum Gasteiger partial charge on any atom is 0.586 e. The number of halogens is 3. The van der Waals surface area contributed by atoms with Gasteiger partial charge in [-0.2, -0.15) is 5.10 Å². The summed E-state index contributed by atoms with van der Waals surface area (Å²) in [4.78, 5) is 31.3. The summed E-state index contributed by atoms with van der Waals surface area (Å²) in [5.74, 6) is -2.82. The highest BCUT2D eigenvalue weighted by Crippen LogP contribution is 2.51. The van der Waals surface area contributed by atoms with Crippen molar-refractivity contribution in [1.82, 2.24) is 20.1 Å². The Morgan fingerprint density at radius 2 is 1.86 bits per heavy atom. The van der Waals surface area contributed by atoms with E-state index in [4.69, 9.17) is 20.2 Å². The number of carbonyl (C=O) groups excluding carboxylic acids is 2. The van der Waals surface area contributed by atoms with Crippen LogP contribution >= 0.6 is 0 Å². The zero-order valence-electron chi connectivity index (χ0n) is 26.8. The number of rotatable bonds is 10. The molecule has 15 heteroatoms. The van der Waals surface area contributed by atoms with Crippen molar-refractivity contribution < 1.29 is 46.8 Å². The second-order valence-corrected chi connectivity index (χ2v) is 14.1. The number of benzene rings is 2. The average Bonchev–Trinajstić information content (AvgIpc) is 4.03. The average molecular weight is 692 g/mol. The van der Waals surface area contributed by atoms with E-state index in [9.17, 15) is 27.9 Å². The summed E-state index contributed by atoms with van der Waals surface area (Å²) in [7, 11) is 0. The molecule has 3 aliphatic carbocycles. The second-order valence-electron chi connectivity index (χ2n) is 14.1. The lowest BCUT2D eigenvalue weighted by atomic mass is 9.81. The Balaban J connectivity index is 1.07. The van der Waals surface area contributed by atoms with E-state index in [0.29, 0.717) is 53.5 Å². The normalized spacial score (nSPS) is 23.5. The number of alkyl halides is 3. The highest BCUT2D eigenvalue weighted by molar-refractivity contribution is 6.00. The molecule has 9 rings (SSSR count). The number of hydrogen-bond donors (Lipinski definition) is 3. The van der Waals surface area contributed by atoms with Crippen LogP contribution in [0.1, 0.15) is 67.1 Å². The van der Waals surface area contributed by atoms with Crippen LogP contribution in [0.4, 0.5) is 13.2 Å². The Bertz CT molecular complexity index is 2130. The van der Waals surface area contributed by atoms with Gasteiger partial charge >= 0.3 is 6.29 Å². The van der Waals surface area contributed by atoms with Crippen molar-refractivity contribution in [3.63, 3.8) is 0 Å². The molecule has 2 aliphatic heterocycles. The van der Waals surface area contributed by atoms with E-state index in [1.807, 2.05) is 0 Å². The van der Waals surface area contributed by atoms with Crippen molar-refractivity contribution in [3.05, 3.63) is 59.4 Å². The fourth-order valence-corrected chi connectivity index (χ4v) is 6.65.